The summed E-state index contributed by atoms with van der Waals surface area (Å²) >= 11 is 0. The molecule has 4 heteroatoms. The molecule has 17 heavy (non-hydrogen) atoms. The van der Waals surface area contributed by atoms with Gasteiger partial charge in [0.15, 0.2) is 0 Å². The lowest BCUT2D eigenvalue weighted by Gasteiger charge is -2.30. The van der Waals surface area contributed by atoms with Gasteiger partial charge in [-0.1, -0.05) is 30.3 Å². The van der Waals surface area contributed by atoms with Crippen molar-refractivity contribution in [1.82, 2.24) is 4.90 Å². The van der Waals surface area contributed by atoms with E-state index >= 15 is 0 Å². The Kier molecular flexibility index (Phi) is 4.66. The topological polar surface area (TPSA) is 66.6 Å². The van der Waals surface area contributed by atoms with E-state index < -0.39 is 12.1 Å². The first kappa shape index (κ1) is 13.7. The van der Waals surface area contributed by atoms with E-state index in [2.05, 4.69) is 0 Å². The number of carbonyl (C=O) groups excluding carboxylic acids is 1. The molecule has 1 unspecified atom stereocenters. The lowest BCUT2D eigenvalue weighted by Crippen LogP contribution is -2.46. The minimum absolute atomic E-state index is 0.174. The Bertz CT molecular complexity index is 365. The van der Waals surface area contributed by atoms with Crippen molar-refractivity contribution in [3.8, 4) is 0 Å². The van der Waals surface area contributed by atoms with E-state index in [-0.39, 0.29) is 11.9 Å². The molecular weight excluding hydrogens is 216 g/mol. The van der Waals surface area contributed by atoms with E-state index in [1.807, 2.05) is 30.3 Å². The summed E-state index contributed by atoms with van der Waals surface area (Å²) in [6.45, 7) is 3.44. The van der Waals surface area contributed by atoms with Crippen LogP contribution in [0, 0.1) is 0 Å². The van der Waals surface area contributed by atoms with Gasteiger partial charge in [-0.25, -0.2) is 0 Å². The van der Waals surface area contributed by atoms with Gasteiger partial charge in [-0.2, -0.15) is 0 Å². The third-order valence-electron chi connectivity index (χ3n) is 2.95. The largest absolute Gasteiger partial charge is 0.386 e. The van der Waals surface area contributed by atoms with E-state index in [9.17, 15) is 9.90 Å². The number of hydrogen-bond acceptors (Lipinski definition) is 3. The summed E-state index contributed by atoms with van der Waals surface area (Å²) in [6.07, 6.45) is -0.705. The number of amides is 1. The average Bonchev–Trinajstić information content (AvgIpc) is 2.36. The van der Waals surface area contributed by atoms with Crippen LogP contribution in [-0.4, -0.2) is 35.0 Å². The molecule has 0 heterocycles. The van der Waals surface area contributed by atoms with E-state index in [0.717, 1.165) is 5.56 Å². The van der Waals surface area contributed by atoms with Crippen LogP contribution in [0.4, 0.5) is 0 Å². The number of nitrogens with zero attached hydrogens (tertiary/aromatic N) is 1. The Morgan fingerprint density at radius 2 is 1.82 bits per heavy atom. The summed E-state index contributed by atoms with van der Waals surface area (Å²) in [5.74, 6) is -0.174. The van der Waals surface area contributed by atoms with Crippen LogP contribution in [0.5, 0.6) is 0 Å². The molecule has 0 radical (unpaired) electrons. The van der Waals surface area contributed by atoms with Crippen LogP contribution in [0.25, 0.3) is 0 Å². The molecule has 3 atom stereocenters. The predicted molar refractivity (Wildman–Crippen MR) is 67.3 cm³/mol. The SMILES string of the molecule is CC(N)C(=O)N(C)[C@@H](C)[C@@H](O)c1ccccc1. The number of aliphatic hydroxyl groups excluding tert-OH is 1. The predicted octanol–water partition coefficient (Wildman–Crippen LogP) is 0.914. The normalized spacial score (nSPS) is 16.1. The summed E-state index contributed by atoms with van der Waals surface area (Å²) in [5.41, 5.74) is 6.34. The number of carbonyl (C=O) groups is 1. The molecule has 3 N–H and O–H groups in total. The van der Waals surface area contributed by atoms with Crippen LogP contribution in [-0.2, 0) is 4.79 Å². The molecule has 0 aromatic heterocycles. The summed E-state index contributed by atoms with van der Waals surface area (Å²) in [4.78, 5) is 13.2. The van der Waals surface area contributed by atoms with Crippen molar-refractivity contribution in [1.29, 1.82) is 0 Å². The van der Waals surface area contributed by atoms with Crippen molar-refractivity contribution in [2.45, 2.75) is 32.0 Å². The average molecular weight is 236 g/mol. The Hall–Kier alpha value is -1.39. The fraction of sp³-hybridized carbons (Fsp3) is 0.462. The van der Waals surface area contributed by atoms with E-state index in [1.54, 1.807) is 20.9 Å². The standard InChI is InChI=1S/C13H20N2O2/c1-9(14)13(17)15(3)10(2)12(16)11-7-5-4-6-8-11/h4-10,12,16H,14H2,1-3H3/t9?,10-,12+/m0/s1. The van der Waals surface area contributed by atoms with Gasteiger partial charge < -0.3 is 15.7 Å². The molecule has 0 aliphatic carbocycles. The van der Waals surface area contributed by atoms with E-state index in [1.165, 1.54) is 4.90 Å². The van der Waals surface area contributed by atoms with Crippen LogP contribution in [0.15, 0.2) is 30.3 Å². The molecule has 1 amide bonds. The zero-order chi connectivity index (χ0) is 13.0. The Balaban J connectivity index is 2.76. The van der Waals surface area contributed by atoms with Gasteiger partial charge >= 0.3 is 0 Å². The molecular formula is C13H20N2O2. The molecule has 0 aliphatic rings. The van der Waals surface area contributed by atoms with Gasteiger partial charge in [-0.05, 0) is 19.4 Å². The lowest BCUT2D eigenvalue weighted by atomic mass is 10.0. The van der Waals surface area contributed by atoms with Crippen LogP contribution in [0.3, 0.4) is 0 Å². The third-order valence-corrected chi connectivity index (χ3v) is 2.95. The number of hydrogen-bond donors (Lipinski definition) is 2. The van der Waals surface area contributed by atoms with Crippen molar-refractivity contribution >= 4 is 5.91 Å². The van der Waals surface area contributed by atoms with Crippen LogP contribution >= 0.6 is 0 Å². The van der Waals surface area contributed by atoms with Crippen molar-refractivity contribution < 1.29 is 9.90 Å². The van der Waals surface area contributed by atoms with E-state index in [0.29, 0.717) is 0 Å². The van der Waals surface area contributed by atoms with Gasteiger partial charge in [0.05, 0.1) is 18.2 Å². The summed E-state index contributed by atoms with van der Waals surface area (Å²) in [6, 6.07) is 8.42. The summed E-state index contributed by atoms with van der Waals surface area (Å²) in [7, 11) is 1.66. The molecule has 0 fully saturated rings. The van der Waals surface area contributed by atoms with E-state index in [4.69, 9.17) is 5.73 Å². The number of aliphatic hydroxyl groups is 1. The number of benzene rings is 1. The maximum absolute atomic E-state index is 11.7. The first-order chi connectivity index (χ1) is 7.95. The van der Waals surface area contributed by atoms with Crippen molar-refractivity contribution in [2.75, 3.05) is 7.05 Å². The van der Waals surface area contributed by atoms with Crippen molar-refractivity contribution in [3.05, 3.63) is 35.9 Å². The van der Waals surface area contributed by atoms with Crippen LogP contribution < -0.4 is 5.73 Å². The Morgan fingerprint density at radius 1 is 1.29 bits per heavy atom. The third kappa shape index (κ3) is 3.28. The zero-order valence-electron chi connectivity index (χ0n) is 10.5. The summed E-state index contributed by atoms with van der Waals surface area (Å²) < 4.78 is 0. The minimum atomic E-state index is -0.705. The highest BCUT2D eigenvalue weighted by Gasteiger charge is 2.25. The van der Waals surface area contributed by atoms with Crippen molar-refractivity contribution in [2.24, 2.45) is 5.73 Å². The number of rotatable bonds is 4. The molecule has 1 aromatic rings. The van der Waals surface area contributed by atoms with Crippen molar-refractivity contribution in [3.63, 3.8) is 0 Å². The molecule has 0 aliphatic heterocycles. The highest BCUT2D eigenvalue weighted by Crippen LogP contribution is 2.19. The second-order valence-corrected chi connectivity index (χ2v) is 4.33. The molecule has 0 saturated carbocycles. The highest BCUT2D eigenvalue weighted by atomic mass is 16.3. The van der Waals surface area contributed by atoms with Gasteiger partial charge in [-0.15, -0.1) is 0 Å². The highest BCUT2D eigenvalue weighted by molar-refractivity contribution is 5.81. The quantitative estimate of drug-likeness (QED) is 0.816. The first-order valence-electron chi connectivity index (χ1n) is 5.70. The van der Waals surface area contributed by atoms with Gasteiger partial charge in [0.1, 0.15) is 0 Å². The molecule has 0 saturated heterocycles. The summed E-state index contributed by atoms with van der Waals surface area (Å²) in [5, 5.41) is 10.2. The van der Waals surface area contributed by atoms with Gasteiger partial charge in [0.25, 0.3) is 0 Å². The second kappa shape index (κ2) is 5.80. The second-order valence-electron chi connectivity index (χ2n) is 4.33. The van der Waals surface area contributed by atoms with Crippen LogP contribution in [0.1, 0.15) is 25.5 Å². The zero-order valence-corrected chi connectivity index (χ0v) is 10.5. The maximum atomic E-state index is 11.7. The minimum Gasteiger partial charge on any atom is -0.386 e. The first-order valence-corrected chi connectivity index (χ1v) is 5.70. The monoisotopic (exact) mass is 236 g/mol. The van der Waals surface area contributed by atoms with Gasteiger partial charge in [-0.3, -0.25) is 4.79 Å². The molecule has 4 nitrogen and oxygen atoms in total. The fourth-order valence-corrected chi connectivity index (χ4v) is 1.66. The lowest BCUT2D eigenvalue weighted by molar-refractivity contribution is -0.134. The molecule has 1 aromatic carbocycles. The number of nitrogens with two attached hydrogens (primary N) is 1. The van der Waals surface area contributed by atoms with Gasteiger partial charge in [0, 0.05) is 7.05 Å². The fourth-order valence-electron chi connectivity index (χ4n) is 1.66. The maximum Gasteiger partial charge on any atom is 0.239 e. The molecule has 0 bridgehead atoms. The van der Waals surface area contributed by atoms with Crippen LogP contribution in [0.2, 0.25) is 0 Å². The molecule has 94 valence electrons. The Labute approximate surface area is 102 Å². The smallest absolute Gasteiger partial charge is 0.239 e. The van der Waals surface area contributed by atoms with Gasteiger partial charge in [0.2, 0.25) is 5.91 Å². The molecule has 0 spiro atoms. The number of likely N-dealkylation sites (N-methyl/N-ethyl adjacent to an activating group) is 1. The molecule has 1 rings (SSSR count). The Morgan fingerprint density at radius 3 is 2.29 bits per heavy atom.